The Kier molecular flexibility index (Phi) is 5.56. The highest BCUT2D eigenvalue weighted by Gasteiger charge is 2.14. The molecule has 0 amide bonds. The summed E-state index contributed by atoms with van der Waals surface area (Å²) >= 11 is 3.55. The van der Waals surface area contributed by atoms with Crippen molar-refractivity contribution in [1.29, 1.82) is 0 Å². The van der Waals surface area contributed by atoms with Gasteiger partial charge in [0.05, 0.1) is 17.0 Å². The van der Waals surface area contributed by atoms with Crippen molar-refractivity contribution in [3.05, 3.63) is 96.2 Å². The maximum Gasteiger partial charge on any atom is 0.124 e. The zero-order valence-corrected chi connectivity index (χ0v) is 16.6. The van der Waals surface area contributed by atoms with Crippen LogP contribution in [0, 0.1) is 0 Å². The first-order valence-electron chi connectivity index (χ1n) is 8.73. The summed E-state index contributed by atoms with van der Waals surface area (Å²) in [4.78, 5) is 6.21. The van der Waals surface area contributed by atoms with Crippen LogP contribution in [0.3, 0.4) is 0 Å². The highest BCUT2D eigenvalue weighted by Crippen LogP contribution is 2.39. The SMILES string of the molecule is COc1ccc(Cc2nc(-c3ccccc3)sc2Sc2ccccc2)cc1. The summed E-state index contributed by atoms with van der Waals surface area (Å²) in [5, 5.41) is 1.07. The molecule has 134 valence electrons. The van der Waals surface area contributed by atoms with E-state index in [9.17, 15) is 0 Å². The maximum atomic E-state index is 5.27. The van der Waals surface area contributed by atoms with Gasteiger partial charge >= 0.3 is 0 Å². The average Bonchev–Trinajstić information content (AvgIpc) is 3.12. The van der Waals surface area contributed by atoms with Crippen LogP contribution in [-0.4, -0.2) is 12.1 Å². The van der Waals surface area contributed by atoms with Crippen LogP contribution in [-0.2, 0) is 6.42 Å². The van der Waals surface area contributed by atoms with Crippen LogP contribution < -0.4 is 4.74 Å². The van der Waals surface area contributed by atoms with Gasteiger partial charge in [0.15, 0.2) is 0 Å². The van der Waals surface area contributed by atoms with Gasteiger partial charge in [-0.15, -0.1) is 11.3 Å². The molecule has 0 atom stereocenters. The molecule has 0 aliphatic carbocycles. The highest BCUT2D eigenvalue weighted by atomic mass is 32.2. The first-order chi connectivity index (χ1) is 13.3. The second kappa shape index (κ2) is 8.42. The molecule has 0 unspecified atom stereocenters. The zero-order valence-electron chi connectivity index (χ0n) is 15.0. The van der Waals surface area contributed by atoms with Gasteiger partial charge in [-0.25, -0.2) is 4.98 Å². The van der Waals surface area contributed by atoms with Gasteiger partial charge in [-0.3, -0.25) is 0 Å². The van der Waals surface area contributed by atoms with Gasteiger partial charge in [0.1, 0.15) is 10.8 Å². The Labute approximate surface area is 167 Å². The summed E-state index contributed by atoms with van der Waals surface area (Å²) < 4.78 is 6.51. The van der Waals surface area contributed by atoms with E-state index in [1.807, 2.05) is 24.3 Å². The molecule has 4 heteroatoms. The molecule has 3 aromatic carbocycles. The first-order valence-corrected chi connectivity index (χ1v) is 10.4. The number of aromatic nitrogens is 1. The Morgan fingerprint density at radius 2 is 1.52 bits per heavy atom. The topological polar surface area (TPSA) is 22.1 Å². The van der Waals surface area contributed by atoms with Crippen molar-refractivity contribution in [3.63, 3.8) is 0 Å². The van der Waals surface area contributed by atoms with E-state index in [0.29, 0.717) is 0 Å². The molecule has 0 radical (unpaired) electrons. The minimum absolute atomic E-state index is 0.808. The third-order valence-corrected chi connectivity index (χ3v) is 6.54. The lowest BCUT2D eigenvalue weighted by Crippen LogP contribution is -1.91. The van der Waals surface area contributed by atoms with Crippen LogP contribution in [0.1, 0.15) is 11.3 Å². The molecular weight excluding hydrogens is 370 g/mol. The van der Waals surface area contributed by atoms with Gasteiger partial charge in [-0.05, 0) is 29.8 Å². The molecule has 0 saturated carbocycles. The van der Waals surface area contributed by atoms with Gasteiger partial charge in [0.2, 0.25) is 0 Å². The van der Waals surface area contributed by atoms with E-state index in [1.54, 1.807) is 30.2 Å². The van der Waals surface area contributed by atoms with Crippen molar-refractivity contribution >= 4 is 23.1 Å². The van der Waals surface area contributed by atoms with E-state index >= 15 is 0 Å². The fourth-order valence-electron chi connectivity index (χ4n) is 2.77. The van der Waals surface area contributed by atoms with Crippen molar-refractivity contribution in [2.45, 2.75) is 15.5 Å². The minimum atomic E-state index is 0.808. The lowest BCUT2D eigenvalue weighted by molar-refractivity contribution is 0.414. The number of hydrogen-bond donors (Lipinski definition) is 0. The number of thiazole rings is 1. The van der Waals surface area contributed by atoms with Crippen LogP contribution in [0.25, 0.3) is 10.6 Å². The number of methoxy groups -OCH3 is 1. The molecule has 0 bridgehead atoms. The molecule has 27 heavy (non-hydrogen) atoms. The molecule has 4 rings (SSSR count). The molecule has 0 saturated heterocycles. The second-order valence-corrected chi connectivity index (χ2v) is 8.40. The van der Waals surface area contributed by atoms with Crippen molar-refractivity contribution in [1.82, 2.24) is 4.98 Å². The van der Waals surface area contributed by atoms with Crippen LogP contribution in [0.2, 0.25) is 0 Å². The van der Waals surface area contributed by atoms with Crippen LogP contribution in [0.15, 0.2) is 94.0 Å². The molecule has 0 fully saturated rings. The van der Waals surface area contributed by atoms with Gasteiger partial charge in [0.25, 0.3) is 0 Å². The quantitative estimate of drug-likeness (QED) is 0.373. The largest absolute Gasteiger partial charge is 0.497 e. The molecule has 4 aromatic rings. The molecule has 0 aliphatic heterocycles. The normalized spacial score (nSPS) is 10.7. The van der Waals surface area contributed by atoms with Gasteiger partial charge in [0, 0.05) is 16.9 Å². The number of benzene rings is 3. The van der Waals surface area contributed by atoms with E-state index < -0.39 is 0 Å². The Bertz CT molecular complexity index is 996. The fraction of sp³-hybridized carbons (Fsp3) is 0.0870. The number of rotatable bonds is 6. The Balaban J connectivity index is 1.67. The Morgan fingerprint density at radius 3 is 2.19 bits per heavy atom. The van der Waals surface area contributed by atoms with E-state index in [-0.39, 0.29) is 0 Å². The van der Waals surface area contributed by atoms with Crippen LogP contribution in [0.4, 0.5) is 0 Å². The number of hydrogen-bond acceptors (Lipinski definition) is 4. The lowest BCUT2D eigenvalue weighted by Gasteiger charge is -2.04. The van der Waals surface area contributed by atoms with Crippen molar-refractivity contribution in [2.75, 3.05) is 7.11 Å². The summed E-state index contributed by atoms with van der Waals surface area (Å²) in [6.07, 6.45) is 0.808. The smallest absolute Gasteiger partial charge is 0.124 e. The summed E-state index contributed by atoms with van der Waals surface area (Å²) in [5.41, 5.74) is 3.52. The standard InChI is InChI=1S/C23H19NOS2/c1-25-19-14-12-17(13-15-19)16-21-23(26-20-10-6-3-7-11-20)27-22(24-21)18-8-4-2-5-9-18/h2-15H,16H2,1H3. The predicted octanol–water partition coefficient (Wildman–Crippen LogP) is 6.56. The van der Waals surface area contributed by atoms with E-state index in [2.05, 4.69) is 60.7 Å². The zero-order chi connectivity index (χ0) is 18.5. The summed E-state index contributed by atoms with van der Waals surface area (Å²) in [7, 11) is 1.69. The molecule has 1 heterocycles. The van der Waals surface area contributed by atoms with E-state index in [0.717, 1.165) is 22.9 Å². The van der Waals surface area contributed by atoms with Crippen LogP contribution >= 0.6 is 23.1 Å². The molecule has 0 N–H and O–H groups in total. The molecule has 0 spiro atoms. The average molecular weight is 390 g/mol. The first kappa shape index (κ1) is 17.8. The van der Waals surface area contributed by atoms with Crippen LogP contribution in [0.5, 0.6) is 5.75 Å². The third-order valence-electron chi connectivity index (χ3n) is 4.17. The summed E-state index contributed by atoms with van der Waals surface area (Å²) in [6, 6.07) is 29.1. The van der Waals surface area contributed by atoms with E-state index in [4.69, 9.17) is 9.72 Å². The van der Waals surface area contributed by atoms with Gasteiger partial charge in [-0.1, -0.05) is 72.4 Å². The molecular formula is C23H19NOS2. The summed E-state index contributed by atoms with van der Waals surface area (Å²) in [5.74, 6) is 0.876. The van der Waals surface area contributed by atoms with Gasteiger partial charge < -0.3 is 4.74 Å². The van der Waals surface area contributed by atoms with Crippen molar-refractivity contribution in [3.8, 4) is 16.3 Å². The fourth-order valence-corrected chi connectivity index (χ4v) is 5.02. The van der Waals surface area contributed by atoms with E-state index in [1.165, 1.54) is 20.2 Å². The predicted molar refractivity (Wildman–Crippen MR) is 114 cm³/mol. The maximum absolute atomic E-state index is 5.27. The third kappa shape index (κ3) is 4.41. The number of ether oxygens (including phenoxy) is 1. The number of nitrogens with zero attached hydrogens (tertiary/aromatic N) is 1. The lowest BCUT2D eigenvalue weighted by atomic mass is 10.1. The highest BCUT2D eigenvalue weighted by molar-refractivity contribution is 8.01. The molecule has 1 aromatic heterocycles. The molecule has 2 nitrogen and oxygen atoms in total. The van der Waals surface area contributed by atoms with Gasteiger partial charge in [-0.2, -0.15) is 0 Å². The Morgan fingerprint density at radius 1 is 0.852 bits per heavy atom. The Hall–Kier alpha value is -2.56. The van der Waals surface area contributed by atoms with Crippen molar-refractivity contribution < 1.29 is 4.74 Å². The second-order valence-electron chi connectivity index (χ2n) is 6.06. The monoisotopic (exact) mass is 389 g/mol. The molecule has 0 aliphatic rings. The van der Waals surface area contributed by atoms with Crippen molar-refractivity contribution in [2.24, 2.45) is 0 Å². The summed E-state index contributed by atoms with van der Waals surface area (Å²) in [6.45, 7) is 0. The minimum Gasteiger partial charge on any atom is -0.497 e.